The first kappa shape index (κ1) is 18.1. The number of methoxy groups -OCH3 is 1. The molecular weight excluding hydrogens is 356 g/mol. The lowest BCUT2D eigenvalue weighted by atomic mass is 10.0. The van der Waals surface area contributed by atoms with Gasteiger partial charge in [0.25, 0.3) is 5.91 Å². The maximum Gasteiger partial charge on any atom is 0.337 e. The number of nitrogens with zero attached hydrogens (tertiary/aromatic N) is 1. The molecular formula is C22H22N2O4. The lowest BCUT2D eigenvalue weighted by molar-refractivity contribution is 0.0600. The van der Waals surface area contributed by atoms with Crippen LogP contribution in [0.3, 0.4) is 0 Å². The Kier molecular flexibility index (Phi) is 4.77. The molecule has 28 heavy (non-hydrogen) atoms. The van der Waals surface area contributed by atoms with Gasteiger partial charge in [-0.25, -0.2) is 4.79 Å². The number of esters is 1. The van der Waals surface area contributed by atoms with E-state index in [0.29, 0.717) is 36.6 Å². The summed E-state index contributed by atoms with van der Waals surface area (Å²) in [4.78, 5) is 30.2. The van der Waals surface area contributed by atoms with Crippen LogP contribution < -0.4 is 4.74 Å². The number of ether oxygens (including phenoxy) is 2. The van der Waals surface area contributed by atoms with Crippen molar-refractivity contribution in [3.8, 4) is 5.75 Å². The highest BCUT2D eigenvalue weighted by Crippen LogP contribution is 2.29. The molecule has 4 rings (SSSR count). The molecule has 0 saturated heterocycles. The molecule has 0 unspecified atom stereocenters. The SMILES string of the molecule is CCOc1cccc(C(=O)N2CCc3[nH]c4ccc(C(=O)OC)cc4c3C2)c1. The van der Waals surface area contributed by atoms with Crippen LogP contribution in [0.1, 0.15) is 38.9 Å². The summed E-state index contributed by atoms with van der Waals surface area (Å²) in [5, 5.41) is 0.957. The first-order valence-corrected chi connectivity index (χ1v) is 9.34. The molecule has 144 valence electrons. The van der Waals surface area contributed by atoms with Crippen LogP contribution in [0.2, 0.25) is 0 Å². The van der Waals surface area contributed by atoms with E-state index in [-0.39, 0.29) is 11.9 Å². The molecule has 1 aromatic heterocycles. The number of hydrogen-bond donors (Lipinski definition) is 1. The van der Waals surface area contributed by atoms with Crippen molar-refractivity contribution < 1.29 is 19.1 Å². The summed E-state index contributed by atoms with van der Waals surface area (Å²) in [5.41, 5.74) is 4.25. The van der Waals surface area contributed by atoms with Gasteiger partial charge in [-0.1, -0.05) is 6.07 Å². The van der Waals surface area contributed by atoms with E-state index in [1.165, 1.54) is 7.11 Å². The molecule has 0 fully saturated rings. The van der Waals surface area contributed by atoms with Crippen molar-refractivity contribution in [3.05, 3.63) is 64.8 Å². The van der Waals surface area contributed by atoms with Crippen molar-refractivity contribution in [3.63, 3.8) is 0 Å². The van der Waals surface area contributed by atoms with E-state index >= 15 is 0 Å². The largest absolute Gasteiger partial charge is 0.494 e. The van der Waals surface area contributed by atoms with E-state index in [9.17, 15) is 9.59 Å². The van der Waals surface area contributed by atoms with Crippen molar-refractivity contribution in [2.45, 2.75) is 19.9 Å². The van der Waals surface area contributed by atoms with E-state index in [4.69, 9.17) is 9.47 Å². The smallest absolute Gasteiger partial charge is 0.337 e. The molecule has 0 bridgehead atoms. The summed E-state index contributed by atoms with van der Waals surface area (Å²) in [6.45, 7) is 3.61. The normalized spacial score (nSPS) is 13.3. The quantitative estimate of drug-likeness (QED) is 0.705. The van der Waals surface area contributed by atoms with Gasteiger partial charge in [-0.15, -0.1) is 0 Å². The van der Waals surface area contributed by atoms with E-state index in [1.807, 2.05) is 42.2 Å². The molecule has 0 aliphatic carbocycles. The van der Waals surface area contributed by atoms with E-state index in [1.54, 1.807) is 12.1 Å². The third kappa shape index (κ3) is 3.22. The molecule has 1 aliphatic heterocycles. The summed E-state index contributed by atoms with van der Waals surface area (Å²) >= 11 is 0. The van der Waals surface area contributed by atoms with Crippen LogP contribution in [-0.4, -0.2) is 42.0 Å². The minimum atomic E-state index is -0.367. The standard InChI is InChI=1S/C22H22N2O4/c1-3-28-16-6-4-5-14(11-16)21(25)24-10-9-20-18(13-24)17-12-15(22(26)27-2)7-8-19(17)23-20/h4-8,11-12,23H,3,9-10,13H2,1-2H3. The number of carbonyl (C=O) groups excluding carboxylic acids is 2. The number of benzene rings is 2. The van der Waals surface area contributed by atoms with Crippen LogP contribution in [-0.2, 0) is 17.7 Å². The second kappa shape index (κ2) is 7.38. The highest BCUT2D eigenvalue weighted by atomic mass is 16.5. The molecule has 1 amide bonds. The molecule has 2 heterocycles. The maximum absolute atomic E-state index is 13.0. The Labute approximate surface area is 163 Å². The lowest BCUT2D eigenvalue weighted by Gasteiger charge is -2.27. The fourth-order valence-electron chi connectivity index (χ4n) is 3.70. The number of fused-ring (bicyclic) bond motifs is 3. The Morgan fingerprint density at radius 2 is 2.00 bits per heavy atom. The van der Waals surface area contributed by atoms with Crippen LogP contribution >= 0.6 is 0 Å². The van der Waals surface area contributed by atoms with Crippen LogP contribution in [0.5, 0.6) is 5.75 Å². The van der Waals surface area contributed by atoms with Crippen molar-refractivity contribution in [1.29, 1.82) is 0 Å². The number of carbonyl (C=O) groups is 2. The van der Waals surface area contributed by atoms with Crippen molar-refractivity contribution >= 4 is 22.8 Å². The predicted molar refractivity (Wildman–Crippen MR) is 106 cm³/mol. The van der Waals surface area contributed by atoms with Gasteiger partial charge >= 0.3 is 5.97 Å². The second-order valence-electron chi connectivity index (χ2n) is 6.77. The van der Waals surface area contributed by atoms with Crippen LogP contribution in [0.4, 0.5) is 0 Å². The number of nitrogens with one attached hydrogen (secondary N) is 1. The van der Waals surface area contributed by atoms with Gasteiger partial charge in [0.2, 0.25) is 0 Å². The van der Waals surface area contributed by atoms with Crippen LogP contribution in [0, 0.1) is 0 Å². The first-order chi connectivity index (χ1) is 13.6. The molecule has 1 N–H and O–H groups in total. The van der Waals surface area contributed by atoms with Crippen molar-refractivity contribution in [2.24, 2.45) is 0 Å². The number of hydrogen-bond acceptors (Lipinski definition) is 4. The third-order valence-corrected chi connectivity index (χ3v) is 5.08. The first-order valence-electron chi connectivity index (χ1n) is 9.34. The van der Waals surface area contributed by atoms with Crippen LogP contribution in [0.25, 0.3) is 10.9 Å². The Morgan fingerprint density at radius 3 is 2.79 bits per heavy atom. The molecule has 6 heteroatoms. The lowest BCUT2D eigenvalue weighted by Crippen LogP contribution is -2.35. The van der Waals surface area contributed by atoms with Gasteiger partial charge in [0.1, 0.15) is 5.75 Å². The van der Waals surface area contributed by atoms with Crippen molar-refractivity contribution in [2.75, 3.05) is 20.3 Å². The number of amides is 1. The number of aromatic nitrogens is 1. The second-order valence-corrected chi connectivity index (χ2v) is 6.77. The fourth-order valence-corrected chi connectivity index (χ4v) is 3.70. The third-order valence-electron chi connectivity index (χ3n) is 5.08. The average Bonchev–Trinajstić information content (AvgIpc) is 3.10. The van der Waals surface area contributed by atoms with Gasteiger partial charge in [0, 0.05) is 47.2 Å². The van der Waals surface area contributed by atoms with Gasteiger partial charge < -0.3 is 19.4 Å². The minimum Gasteiger partial charge on any atom is -0.494 e. The molecule has 1 aliphatic rings. The summed E-state index contributed by atoms with van der Waals surface area (Å²) in [5.74, 6) is 0.305. The average molecular weight is 378 g/mol. The maximum atomic E-state index is 13.0. The van der Waals surface area contributed by atoms with Gasteiger partial charge in [-0.2, -0.15) is 0 Å². The molecule has 3 aromatic rings. The number of aromatic amines is 1. The van der Waals surface area contributed by atoms with E-state index in [2.05, 4.69) is 4.98 Å². The van der Waals surface area contributed by atoms with E-state index in [0.717, 1.165) is 28.6 Å². The minimum absolute atomic E-state index is 0.0225. The monoisotopic (exact) mass is 378 g/mol. The fraction of sp³-hybridized carbons (Fsp3) is 0.273. The van der Waals surface area contributed by atoms with Gasteiger partial charge in [-0.05, 0) is 43.3 Å². The summed E-state index contributed by atoms with van der Waals surface area (Å²) in [7, 11) is 1.37. The zero-order valence-corrected chi connectivity index (χ0v) is 16.0. The molecule has 0 atom stereocenters. The van der Waals surface area contributed by atoms with Gasteiger partial charge in [0.05, 0.1) is 19.3 Å². The molecule has 0 spiro atoms. The zero-order chi connectivity index (χ0) is 19.7. The highest BCUT2D eigenvalue weighted by Gasteiger charge is 2.25. The predicted octanol–water partition coefficient (Wildman–Crippen LogP) is 3.55. The van der Waals surface area contributed by atoms with Gasteiger partial charge in [-0.3, -0.25) is 4.79 Å². The topological polar surface area (TPSA) is 71.6 Å². The molecule has 0 radical (unpaired) electrons. The Morgan fingerprint density at radius 1 is 1.14 bits per heavy atom. The zero-order valence-electron chi connectivity index (χ0n) is 16.0. The molecule has 2 aromatic carbocycles. The number of rotatable bonds is 4. The molecule has 0 saturated carbocycles. The summed E-state index contributed by atoms with van der Waals surface area (Å²) < 4.78 is 10.3. The Bertz CT molecular complexity index is 1050. The highest BCUT2D eigenvalue weighted by molar-refractivity contribution is 5.97. The van der Waals surface area contributed by atoms with E-state index < -0.39 is 0 Å². The Balaban J connectivity index is 1.64. The summed E-state index contributed by atoms with van der Waals surface area (Å²) in [6, 6.07) is 12.7. The summed E-state index contributed by atoms with van der Waals surface area (Å²) in [6.07, 6.45) is 0.745. The van der Waals surface area contributed by atoms with Crippen LogP contribution in [0.15, 0.2) is 42.5 Å². The molecule has 6 nitrogen and oxygen atoms in total. The van der Waals surface area contributed by atoms with Crippen molar-refractivity contribution in [1.82, 2.24) is 9.88 Å². The Hall–Kier alpha value is -3.28. The number of H-pyrrole nitrogens is 1. The van der Waals surface area contributed by atoms with Gasteiger partial charge in [0.15, 0.2) is 0 Å².